The van der Waals surface area contributed by atoms with E-state index in [9.17, 15) is 0 Å². The predicted octanol–water partition coefficient (Wildman–Crippen LogP) is 9.19. The molecular formula is C34H22N4. The molecule has 1 aromatic heterocycles. The molecule has 1 aliphatic rings. The monoisotopic (exact) mass is 486 g/mol. The average molecular weight is 487 g/mol. The Bertz CT molecular complexity index is 2000. The lowest BCUT2D eigenvalue weighted by Crippen LogP contribution is -2.25. The Balaban J connectivity index is 1.53. The van der Waals surface area contributed by atoms with Gasteiger partial charge in [0.05, 0.1) is 40.0 Å². The van der Waals surface area contributed by atoms with E-state index in [-0.39, 0.29) is 0 Å². The van der Waals surface area contributed by atoms with Gasteiger partial charge in [-0.15, -0.1) is 0 Å². The number of para-hydroxylation sites is 3. The second-order valence-corrected chi connectivity index (χ2v) is 9.53. The minimum absolute atomic E-state index is 0.797. The van der Waals surface area contributed by atoms with Crippen LogP contribution in [0.15, 0.2) is 134 Å². The fraction of sp³-hybridized carbons (Fsp3) is 0. The van der Waals surface area contributed by atoms with Crippen molar-refractivity contribution in [3.8, 4) is 0 Å². The second kappa shape index (κ2) is 8.15. The van der Waals surface area contributed by atoms with Crippen LogP contribution in [0.5, 0.6) is 0 Å². The molecule has 7 aromatic rings. The van der Waals surface area contributed by atoms with Crippen molar-refractivity contribution >= 4 is 66.8 Å². The zero-order valence-corrected chi connectivity index (χ0v) is 20.5. The summed E-state index contributed by atoms with van der Waals surface area (Å²) in [5, 5.41) is 4.73. The van der Waals surface area contributed by atoms with Gasteiger partial charge in [0.25, 0.3) is 0 Å². The van der Waals surface area contributed by atoms with Gasteiger partial charge in [-0.05, 0) is 47.2 Å². The number of benzene rings is 6. The molecule has 6 aromatic carbocycles. The maximum Gasteiger partial charge on any atom is 0.157 e. The molecule has 8 rings (SSSR count). The van der Waals surface area contributed by atoms with E-state index in [1.54, 1.807) is 0 Å². The summed E-state index contributed by atoms with van der Waals surface area (Å²) in [6, 6.07) is 44.7. The van der Waals surface area contributed by atoms with E-state index in [2.05, 4.69) is 113 Å². The third-order valence-electron chi connectivity index (χ3n) is 7.37. The highest BCUT2D eigenvalue weighted by atomic mass is 15.3. The molecule has 0 saturated heterocycles. The Morgan fingerprint density at radius 1 is 0.447 bits per heavy atom. The van der Waals surface area contributed by atoms with Crippen LogP contribution in [-0.2, 0) is 0 Å². The molecule has 0 aliphatic carbocycles. The van der Waals surface area contributed by atoms with Gasteiger partial charge in [-0.1, -0.05) is 91.0 Å². The molecule has 178 valence electrons. The van der Waals surface area contributed by atoms with Gasteiger partial charge in [0, 0.05) is 16.5 Å². The lowest BCUT2D eigenvalue weighted by atomic mass is 9.97. The topological polar surface area (TPSA) is 32.3 Å². The van der Waals surface area contributed by atoms with Crippen molar-refractivity contribution in [1.82, 2.24) is 9.97 Å². The number of fused-ring (bicyclic) bond motifs is 7. The highest BCUT2D eigenvalue weighted by Crippen LogP contribution is 2.57. The molecule has 38 heavy (non-hydrogen) atoms. The summed E-state index contributed by atoms with van der Waals surface area (Å²) < 4.78 is 0. The SMILES string of the molecule is c1ccc(N2c3ccc4ccccc4c3N(c3cnc4ccccc4n3)c3ccc4ccccc4c32)cc1. The van der Waals surface area contributed by atoms with E-state index in [1.807, 2.05) is 30.5 Å². The molecule has 0 saturated carbocycles. The Hall–Kier alpha value is -5.22. The maximum atomic E-state index is 5.13. The molecule has 4 nitrogen and oxygen atoms in total. The fourth-order valence-electron chi connectivity index (χ4n) is 5.70. The van der Waals surface area contributed by atoms with Crippen molar-refractivity contribution < 1.29 is 0 Å². The number of nitrogens with zero attached hydrogens (tertiary/aromatic N) is 4. The van der Waals surface area contributed by atoms with Gasteiger partial charge in [-0.2, -0.15) is 0 Å². The largest absolute Gasteiger partial charge is 0.306 e. The first-order chi connectivity index (χ1) is 18.9. The predicted molar refractivity (Wildman–Crippen MR) is 157 cm³/mol. The summed E-state index contributed by atoms with van der Waals surface area (Å²) in [6.07, 6.45) is 1.89. The van der Waals surface area contributed by atoms with Crippen LogP contribution in [0.1, 0.15) is 0 Å². The summed E-state index contributed by atoms with van der Waals surface area (Å²) in [4.78, 5) is 14.6. The van der Waals surface area contributed by atoms with Gasteiger partial charge in [0.1, 0.15) is 0 Å². The molecule has 0 radical (unpaired) electrons. The Morgan fingerprint density at radius 2 is 1.00 bits per heavy atom. The average Bonchev–Trinajstić information content (AvgIpc) is 2.99. The van der Waals surface area contributed by atoms with Crippen molar-refractivity contribution in [3.63, 3.8) is 0 Å². The van der Waals surface area contributed by atoms with Crippen LogP contribution in [0.4, 0.5) is 34.3 Å². The number of hydrogen-bond donors (Lipinski definition) is 0. The van der Waals surface area contributed by atoms with Crippen LogP contribution < -0.4 is 9.80 Å². The minimum atomic E-state index is 0.797. The molecule has 2 heterocycles. The van der Waals surface area contributed by atoms with Gasteiger partial charge in [0.15, 0.2) is 5.82 Å². The van der Waals surface area contributed by atoms with E-state index in [4.69, 9.17) is 9.97 Å². The third kappa shape index (κ3) is 3.04. The second-order valence-electron chi connectivity index (χ2n) is 9.53. The molecule has 0 bridgehead atoms. The van der Waals surface area contributed by atoms with Crippen LogP contribution in [0.2, 0.25) is 0 Å². The lowest BCUT2D eigenvalue weighted by Gasteiger charge is -2.41. The first-order valence-electron chi connectivity index (χ1n) is 12.8. The summed E-state index contributed by atoms with van der Waals surface area (Å²) in [7, 11) is 0. The fourth-order valence-corrected chi connectivity index (χ4v) is 5.70. The van der Waals surface area contributed by atoms with E-state index < -0.39 is 0 Å². The molecule has 0 atom stereocenters. The normalized spacial score (nSPS) is 12.6. The zero-order valence-electron chi connectivity index (χ0n) is 20.5. The van der Waals surface area contributed by atoms with Crippen molar-refractivity contribution in [2.75, 3.05) is 9.80 Å². The molecule has 0 amide bonds. The van der Waals surface area contributed by atoms with Crippen molar-refractivity contribution in [1.29, 1.82) is 0 Å². The maximum absolute atomic E-state index is 5.13. The zero-order chi connectivity index (χ0) is 25.1. The van der Waals surface area contributed by atoms with E-state index in [0.29, 0.717) is 0 Å². The van der Waals surface area contributed by atoms with E-state index in [0.717, 1.165) is 45.3 Å². The molecule has 0 fully saturated rings. The molecule has 0 unspecified atom stereocenters. The molecule has 0 spiro atoms. The summed E-state index contributed by atoms with van der Waals surface area (Å²) in [5.41, 5.74) is 7.28. The van der Waals surface area contributed by atoms with Crippen molar-refractivity contribution in [2.45, 2.75) is 0 Å². The number of hydrogen-bond acceptors (Lipinski definition) is 4. The highest BCUT2D eigenvalue weighted by molar-refractivity contribution is 6.16. The lowest BCUT2D eigenvalue weighted by molar-refractivity contribution is 1.13. The number of anilines is 6. The first kappa shape index (κ1) is 20.9. The summed E-state index contributed by atoms with van der Waals surface area (Å²) >= 11 is 0. The van der Waals surface area contributed by atoms with Crippen molar-refractivity contribution in [2.24, 2.45) is 0 Å². The number of rotatable bonds is 2. The Morgan fingerprint density at radius 3 is 1.71 bits per heavy atom. The smallest absolute Gasteiger partial charge is 0.157 e. The Kier molecular flexibility index (Phi) is 4.49. The first-order valence-corrected chi connectivity index (χ1v) is 12.8. The minimum Gasteiger partial charge on any atom is -0.306 e. The highest BCUT2D eigenvalue weighted by Gasteiger charge is 2.34. The van der Waals surface area contributed by atoms with Crippen LogP contribution >= 0.6 is 0 Å². The van der Waals surface area contributed by atoms with Crippen LogP contribution in [0.3, 0.4) is 0 Å². The van der Waals surface area contributed by atoms with Crippen molar-refractivity contribution in [3.05, 3.63) is 134 Å². The van der Waals surface area contributed by atoms with Crippen LogP contribution in [0, 0.1) is 0 Å². The van der Waals surface area contributed by atoms with E-state index >= 15 is 0 Å². The van der Waals surface area contributed by atoms with Gasteiger partial charge >= 0.3 is 0 Å². The van der Waals surface area contributed by atoms with Crippen LogP contribution in [-0.4, -0.2) is 9.97 Å². The third-order valence-corrected chi connectivity index (χ3v) is 7.37. The summed E-state index contributed by atoms with van der Waals surface area (Å²) in [5.74, 6) is 0.797. The van der Waals surface area contributed by atoms with Gasteiger partial charge < -0.3 is 4.90 Å². The molecule has 4 heteroatoms. The van der Waals surface area contributed by atoms with Gasteiger partial charge in [0.2, 0.25) is 0 Å². The van der Waals surface area contributed by atoms with Crippen LogP contribution in [0.25, 0.3) is 32.6 Å². The van der Waals surface area contributed by atoms with E-state index in [1.165, 1.54) is 21.5 Å². The standard InChI is InChI=1S/C34H22N4/c1-2-12-25(13-3-1)37-30-20-18-24-11-5-7-15-27(24)34(30)38(32-22-35-28-16-8-9-17-29(28)36-32)31-21-19-23-10-4-6-14-26(23)33(31)37/h1-22H. The number of aromatic nitrogens is 2. The molecule has 0 N–H and O–H groups in total. The van der Waals surface area contributed by atoms with Gasteiger partial charge in [-0.25, -0.2) is 4.98 Å². The Labute approximate surface area is 220 Å². The quantitative estimate of drug-likeness (QED) is 0.244. The molecule has 1 aliphatic heterocycles. The van der Waals surface area contributed by atoms with Gasteiger partial charge in [-0.3, -0.25) is 9.88 Å². The molecular weight excluding hydrogens is 464 g/mol. The summed E-state index contributed by atoms with van der Waals surface area (Å²) in [6.45, 7) is 0.